The summed E-state index contributed by atoms with van der Waals surface area (Å²) in [7, 11) is 0. The predicted octanol–water partition coefficient (Wildman–Crippen LogP) is 6.77. The Morgan fingerprint density at radius 2 is 1.51 bits per heavy atom. The average Bonchev–Trinajstić information content (AvgIpc) is 2.98. The molecule has 1 aliphatic heterocycles. The van der Waals surface area contributed by atoms with Crippen LogP contribution >= 0.6 is 0 Å². The van der Waals surface area contributed by atoms with Crippen molar-refractivity contribution in [3.63, 3.8) is 0 Å². The number of hydrogen-bond acceptors (Lipinski definition) is 6. The molecule has 1 fully saturated rings. The van der Waals surface area contributed by atoms with Gasteiger partial charge in [-0.25, -0.2) is 0 Å². The number of aromatic nitrogens is 1. The van der Waals surface area contributed by atoms with E-state index in [0.29, 0.717) is 18.0 Å². The van der Waals surface area contributed by atoms with Crippen LogP contribution in [0.15, 0.2) is 100.0 Å². The van der Waals surface area contributed by atoms with Crippen LogP contribution in [0.1, 0.15) is 19.4 Å². The summed E-state index contributed by atoms with van der Waals surface area (Å²) in [6.07, 6.45) is 0. The molecule has 39 heavy (non-hydrogen) atoms. The Labute approximate surface area is 230 Å². The highest BCUT2D eigenvalue weighted by molar-refractivity contribution is 5.79. The fourth-order valence-electron chi connectivity index (χ4n) is 4.87. The van der Waals surface area contributed by atoms with Crippen molar-refractivity contribution in [2.45, 2.75) is 20.8 Å². The number of rotatable bonds is 8. The third-order valence-corrected chi connectivity index (χ3v) is 7.10. The van der Waals surface area contributed by atoms with Gasteiger partial charge in [0.15, 0.2) is 5.69 Å². The normalized spacial score (nSPS) is 14.2. The summed E-state index contributed by atoms with van der Waals surface area (Å²) in [5.41, 5.74) is 4.39. The van der Waals surface area contributed by atoms with Crippen molar-refractivity contribution in [1.29, 1.82) is 0 Å². The topological polar surface area (TPSA) is 62.4 Å². The lowest BCUT2D eigenvalue weighted by molar-refractivity contribution is 0.270. The Morgan fingerprint density at radius 3 is 2.15 bits per heavy atom. The maximum Gasteiger partial charge on any atom is 0.285 e. The van der Waals surface area contributed by atoms with E-state index < -0.39 is 0 Å². The molecule has 3 aromatic carbocycles. The third kappa shape index (κ3) is 5.94. The molecule has 0 radical (unpaired) electrons. The summed E-state index contributed by atoms with van der Waals surface area (Å²) >= 11 is 0. The van der Waals surface area contributed by atoms with E-state index in [1.54, 1.807) is 4.57 Å². The standard InChI is InChI=1S/C32H35N5O2/c1-4-35-19-21-36(22-20-35)30-23-29(25-13-17-28(18-14-25)39-5-2)31(34-33-26-15-11-24(3)12-16-26)32(38)37(30)27-9-7-6-8-10-27/h6-18,23H,4-5,19-22H2,1-3H3. The molecule has 0 aliphatic carbocycles. The molecule has 5 rings (SSSR count). The number of nitrogens with zero attached hydrogens (tertiary/aromatic N) is 5. The Balaban J connectivity index is 1.70. The van der Waals surface area contributed by atoms with E-state index in [-0.39, 0.29) is 5.56 Å². The van der Waals surface area contributed by atoms with Gasteiger partial charge in [-0.05, 0) is 68.4 Å². The summed E-state index contributed by atoms with van der Waals surface area (Å²) in [6.45, 7) is 11.4. The van der Waals surface area contributed by atoms with Crippen LogP contribution < -0.4 is 15.2 Å². The van der Waals surface area contributed by atoms with E-state index in [1.807, 2.05) is 92.7 Å². The van der Waals surface area contributed by atoms with Crippen molar-refractivity contribution < 1.29 is 4.74 Å². The zero-order chi connectivity index (χ0) is 27.2. The van der Waals surface area contributed by atoms with Gasteiger partial charge in [-0.1, -0.05) is 55.0 Å². The molecule has 1 saturated heterocycles. The number of anilines is 1. The molecule has 7 nitrogen and oxygen atoms in total. The minimum Gasteiger partial charge on any atom is -0.494 e. The van der Waals surface area contributed by atoms with Gasteiger partial charge in [0.1, 0.15) is 11.6 Å². The molecule has 0 saturated carbocycles. The molecule has 1 aliphatic rings. The van der Waals surface area contributed by atoms with Crippen molar-refractivity contribution >= 4 is 17.2 Å². The molecular formula is C32H35N5O2. The molecule has 0 amide bonds. The highest BCUT2D eigenvalue weighted by atomic mass is 16.5. The molecule has 1 aromatic heterocycles. The van der Waals surface area contributed by atoms with Gasteiger partial charge >= 0.3 is 0 Å². The van der Waals surface area contributed by atoms with Crippen molar-refractivity contribution in [1.82, 2.24) is 9.47 Å². The Kier molecular flexibility index (Phi) is 8.18. The number of likely N-dealkylation sites (N-methyl/N-ethyl adjacent to an activating group) is 1. The van der Waals surface area contributed by atoms with Gasteiger partial charge in [0.25, 0.3) is 5.56 Å². The van der Waals surface area contributed by atoms with Crippen molar-refractivity contribution in [3.05, 3.63) is 101 Å². The molecule has 0 spiro atoms. The fraction of sp³-hybridized carbons (Fsp3) is 0.281. The Morgan fingerprint density at radius 1 is 0.821 bits per heavy atom. The van der Waals surface area contributed by atoms with Gasteiger partial charge < -0.3 is 14.5 Å². The van der Waals surface area contributed by atoms with Crippen LogP contribution in [0.4, 0.5) is 17.2 Å². The van der Waals surface area contributed by atoms with E-state index in [1.165, 1.54) is 0 Å². The maximum absolute atomic E-state index is 14.3. The SMILES string of the molecule is CCOc1ccc(-c2cc(N3CCN(CC)CC3)n(-c3ccccc3)c(=O)c2N=Nc2ccc(C)cc2)cc1. The zero-order valence-corrected chi connectivity index (χ0v) is 22.9. The van der Waals surface area contributed by atoms with Crippen LogP contribution in [0, 0.1) is 6.92 Å². The number of piperazine rings is 1. The second-order valence-electron chi connectivity index (χ2n) is 9.66. The first-order chi connectivity index (χ1) is 19.1. The van der Waals surface area contributed by atoms with Crippen LogP contribution in [0.3, 0.4) is 0 Å². The predicted molar refractivity (Wildman–Crippen MR) is 158 cm³/mol. The second kappa shape index (κ2) is 12.1. The minimum atomic E-state index is -0.198. The van der Waals surface area contributed by atoms with Gasteiger partial charge in [-0.15, -0.1) is 5.11 Å². The lowest BCUT2D eigenvalue weighted by atomic mass is 10.0. The summed E-state index contributed by atoms with van der Waals surface area (Å²) in [5, 5.41) is 9.05. The fourth-order valence-corrected chi connectivity index (χ4v) is 4.87. The van der Waals surface area contributed by atoms with Crippen LogP contribution in [0.5, 0.6) is 5.75 Å². The molecule has 0 unspecified atom stereocenters. The summed E-state index contributed by atoms with van der Waals surface area (Å²) in [4.78, 5) is 19.1. The van der Waals surface area contributed by atoms with Crippen molar-refractivity contribution in [3.8, 4) is 22.6 Å². The van der Waals surface area contributed by atoms with Gasteiger partial charge in [0, 0.05) is 31.7 Å². The molecule has 0 N–H and O–H groups in total. The van der Waals surface area contributed by atoms with Gasteiger partial charge in [0.05, 0.1) is 18.0 Å². The number of pyridine rings is 1. The van der Waals surface area contributed by atoms with E-state index in [0.717, 1.165) is 66.7 Å². The van der Waals surface area contributed by atoms with Crippen LogP contribution in [-0.2, 0) is 0 Å². The molecule has 0 bridgehead atoms. The molecule has 200 valence electrons. The monoisotopic (exact) mass is 521 g/mol. The second-order valence-corrected chi connectivity index (χ2v) is 9.66. The molecular weight excluding hydrogens is 486 g/mol. The highest BCUT2D eigenvalue weighted by Gasteiger charge is 2.24. The average molecular weight is 522 g/mol. The minimum absolute atomic E-state index is 0.198. The maximum atomic E-state index is 14.3. The molecule has 0 atom stereocenters. The number of aryl methyl sites for hydroxylation is 1. The smallest absolute Gasteiger partial charge is 0.285 e. The number of azo groups is 1. The highest BCUT2D eigenvalue weighted by Crippen LogP contribution is 2.35. The first kappa shape index (κ1) is 26.4. The van der Waals surface area contributed by atoms with Crippen molar-refractivity contribution in [2.75, 3.05) is 44.2 Å². The van der Waals surface area contributed by atoms with Crippen LogP contribution in [0.2, 0.25) is 0 Å². The molecule has 4 aromatic rings. The number of hydrogen-bond donors (Lipinski definition) is 0. The Hall–Kier alpha value is -4.23. The van der Waals surface area contributed by atoms with Crippen LogP contribution in [0.25, 0.3) is 16.8 Å². The first-order valence-electron chi connectivity index (χ1n) is 13.6. The summed E-state index contributed by atoms with van der Waals surface area (Å²) in [5.74, 6) is 1.65. The molecule has 2 heterocycles. The lowest BCUT2D eigenvalue weighted by Crippen LogP contribution is -2.47. The van der Waals surface area contributed by atoms with Gasteiger partial charge in [-0.2, -0.15) is 5.11 Å². The zero-order valence-electron chi connectivity index (χ0n) is 22.9. The number of benzene rings is 3. The van der Waals surface area contributed by atoms with Gasteiger partial charge in [0.2, 0.25) is 0 Å². The van der Waals surface area contributed by atoms with Crippen molar-refractivity contribution in [2.24, 2.45) is 10.2 Å². The summed E-state index contributed by atoms with van der Waals surface area (Å²) < 4.78 is 7.44. The quantitative estimate of drug-likeness (QED) is 0.240. The van der Waals surface area contributed by atoms with E-state index in [9.17, 15) is 4.79 Å². The lowest BCUT2D eigenvalue weighted by Gasteiger charge is -2.36. The molecule has 7 heteroatoms. The largest absolute Gasteiger partial charge is 0.494 e. The summed E-state index contributed by atoms with van der Waals surface area (Å²) in [6, 6.07) is 27.5. The van der Waals surface area contributed by atoms with Gasteiger partial charge in [-0.3, -0.25) is 9.36 Å². The third-order valence-electron chi connectivity index (χ3n) is 7.10. The van der Waals surface area contributed by atoms with E-state index >= 15 is 0 Å². The van der Waals surface area contributed by atoms with E-state index in [4.69, 9.17) is 4.74 Å². The first-order valence-corrected chi connectivity index (χ1v) is 13.6. The van der Waals surface area contributed by atoms with E-state index in [2.05, 4.69) is 33.0 Å². The van der Waals surface area contributed by atoms with Crippen LogP contribution in [-0.4, -0.2) is 48.8 Å². The number of ether oxygens (including phenoxy) is 1. The number of para-hydroxylation sites is 1. The Bertz CT molecular complexity index is 1470.